The van der Waals surface area contributed by atoms with Gasteiger partial charge in [0.05, 0.1) is 6.10 Å². The summed E-state index contributed by atoms with van der Waals surface area (Å²) >= 11 is 1.68. The first-order valence-electron chi connectivity index (χ1n) is 11.3. The minimum absolute atomic E-state index is 0.0753. The zero-order valence-corrected chi connectivity index (χ0v) is 19.6. The zero-order valence-electron chi connectivity index (χ0n) is 18.7. The third-order valence-corrected chi connectivity index (χ3v) is 6.09. The monoisotopic (exact) mass is 442 g/mol. The van der Waals surface area contributed by atoms with E-state index in [1.807, 2.05) is 48.6 Å². The van der Waals surface area contributed by atoms with Crippen molar-refractivity contribution in [3.63, 3.8) is 0 Å². The molecule has 0 bridgehead atoms. The summed E-state index contributed by atoms with van der Waals surface area (Å²) in [4.78, 5) is 10.7. The standard InChI is InChI=1S/C27H38O3S/c1-2-3-4-5-6-7-8-9-10-11-12-16-21-26(25(28)20-17-22-27(29)30)31-23-24-18-14-13-15-19-24/h6-7,9-16,18-19,21,25-26,28H,2-5,8,17,20,22-23H2,1H3,(H,29,30)/b7-6?,10-9-,12-11-,21-16?/t25-,26+/m0/s1. The number of allylic oxidation sites excluding steroid dienone is 7. The van der Waals surface area contributed by atoms with Crippen molar-refractivity contribution in [1.82, 2.24) is 0 Å². The van der Waals surface area contributed by atoms with Crippen LogP contribution < -0.4 is 0 Å². The number of aliphatic hydroxyl groups excluding tert-OH is 1. The summed E-state index contributed by atoms with van der Waals surface area (Å²) in [5.41, 5.74) is 1.21. The number of hydrogen-bond donors (Lipinski definition) is 2. The highest BCUT2D eigenvalue weighted by molar-refractivity contribution is 7.99. The normalized spacial score (nSPS) is 14.3. The molecule has 2 N–H and O–H groups in total. The lowest BCUT2D eigenvalue weighted by Crippen LogP contribution is -2.21. The van der Waals surface area contributed by atoms with Crippen molar-refractivity contribution >= 4 is 17.7 Å². The molecule has 3 nitrogen and oxygen atoms in total. The summed E-state index contributed by atoms with van der Waals surface area (Å²) < 4.78 is 0. The summed E-state index contributed by atoms with van der Waals surface area (Å²) in [6.45, 7) is 2.22. The van der Waals surface area contributed by atoms with E-state index in [2.05, 4.69) is 37.3 Å². The van der Waals surface area contributed by atoms with Crippen LogP contribution in [-0.4, -0.2) is 27.5 Å². The van der Waals surface area contributed by atoms with Gasteiger partial charge in [0, 0.05) is 17.4 Å². The molecule has 0 aliphatic heterocycles. The van der Waals surface area contributed by atoms with E-state index in [0.717, 1.165) is 18.6 Å². The molecule has 0 aromatic heterocycles. The van der Waals surface area contributed by atoms with Gasteiger partial charge >= 0.3 is 5.97 Å². The van der Waals surface area contributed by atoms with Gasteiger partial charge in [0.15, 0.2) is 0 Å². The van der Waals surface area contributed by atoms with E-state index >= 15 is 0 Å². The van der Waals surface area contributed by atoms with E-state index in [9.17, 15) is 9.90 Å². The van der Waals surface area contributed by atoms with Gasteiger partial charge in [-0.3, -0.25) is 4.79 Å². The van der Waals surface area contributed by atoms with Gasteiger partial charge in [-0.2, -0.15) is 0 Å². The van der Waals surface area contributed by atoms with Gasteiger partial charge in [-0.05, 0) is 37.7 Å². The van der Waals surface area contributed by atoms with Crippen LogP contribution in [0.2, 0.25) is 0 Å². The smallest absolute Gasteiger partial charge is 0.303 e. The number of carbonyl (C=O) groups is 1. The van der Waals surface area contributed by atoms with Crippen LogP contribution in [0.5, 0.6) is 0 Å². The van der Waals surface area contributed by atoms with Crippen molar-refractivity contribution in [2.75, 3.05) is 0 Å². The summed E-state index contributed by atoms with van der Waals surface area (Å²) in [5.74, 6) is -0.0122. The lowest BCUT2D eigenvalue weighted by Gasteiger charge is -2.19. The first-order valence-corrected chi connectivity index (χ1v) is 12.4. The van der Waals surface area contributed by atoms with Crippen LogP contribution in [0.3, 0.4) is 0 Å². The largest absolute Gasteiger partial charge is 0.481 e. The van der Waals surface area contributed by atoms with Crippen molar-refractivity contribution in [3.8, 4) is 0 Å². The van der Waals surface area contributed by atoms with Crippen LogP contribution >= 0.6 is 11.8 Å². The maximum absolute atomic E-state index is 10.7. The van der Waals surface area contributed by atoms with Gasteiger partial charge in [0.25, 0.3) is 0 Å². The van der Waals surface area contributed by atoms with E-state index < -0.39 is 12.1 Å². The lowest BCUT2D eigenvalue weighted by molar-refractivity contribution is -0.137. The SMILES string of the molecule is CCCCCC=CC/C=C\C=C/C=C[C@@H](SCc1ccccc1)[C@@H](O)CCCC(=O)O. The van der Waals surface area contributed by atoms with E-state index in [1.165, 1.54) is 24.8 Å². The van der Waals surface area contributed by atoms with Crippen molar-refractivity contribution in [1.29, 1.82) is 0 Å². The van der Waals surface area contributed by atoms with Crippen LogP contribution in [0.1, 0.15) is 63.9 Å². The number of rotatable bonds is 17. The molecule has 0 radical (unpaired) electrons. The summed E-state index contributed by atoms with van der Waals surface area (Å²) in [5, 5.41) is 19.3. The third-order valence-electron chi connectivity index (χ3n) is 4.74. The number of carboxylic acid groups (broad SMARTS) is 1. The highest BCUT2D eigenvalue weighted by Gasteiger charge is 2.17. The van der Waals surface area contributed by atoms with E-state index in [1.54, 1.807) is 11.8 Å². The van der Waals surface area contributed by atoms with Gasteiger partial charge < -0.3 is 10.2 Å². The molecule has 0 fully saturated rings. The molecule has 0 amide bonds. The molecule has 2 atom stereocenters. The number of unbranched alkanes of at least 4 members (excludes halogenated alkanes) is 3. The van der Waals surface area contributed by atoms with Gasteiger partial charge in [-0.15, -0.1) is 11.8 Å². The Labute approximate surface area is 192 Å². The highest BCUT2D eigenvalue weighted by Crippen LogP contribution is 2.24. The predicted octanol–water partition coefficient (Wildman–Crippen LogP) is 7.10. The number of thioether (sulfide) groups is 1. The molecule has 170 valence electrons. The fourth-order valence-corrected chi connectivity index (χ4v) is 4.09. The third kappa shape index (κ3) is 15.4. The molecule has 0 aliphatic rings. The topological polar surface area (TPSA) is 57.5 Å². The Kier molecular flexibility index (Phi) is 16.3. The second kappa shape index (κ2) is 18.7. The Bertz CT molecular complexity index is 692. The lowest BCUT2D eigenvalue weighted by atomic mass is 10.1. The molecule has 0 saturated heterocycles. The maximum atomic E-state index is 10.7. The first kappa shape index (κ1) is 27.0. The Hall–Kier alpha value is -2.04. The van der Waals surface area contributed by atoms with Gasteiger partial charge in [-0.25, -0.2) is 0 Å². The molecule has 0 unspecified atom stereocenters. The van der Waals surface area contributed by atoms with E-state index in [0.29, 0.717) is 12.8 Å². The zero-order chi connectivity index (χ0) is 22.6. The average Bonchev–Trinajstić information content (AvgIpc) is 2.76. The predicted molar refractivity (Wildman–Crippen MR) is 134 cm³/mol. The van der Waals surface area contributed by atoms with Gasteiger partial charge in [-0.1, -0.05) is 98.7 Å². The molecule has 0 saturated carbocycles. The number of benzene rings is 1. The van der Waals surface area contributed by atoms with Crippen LogP contribution in [0.4, 0.5) is 0 Å². The quantitative estimate of drug-likeness (QED) is 0.153. The van der Waals surface area contributed by atoms with E-state index in [4.69, 9.17) is 5.11 Å². The minimum atomic E-state index is -0.818. The summed E-state index contributed by atoms with van der Waals surface area (Å²) in [7, 11) is 0. The molecule has 0 aliphatic carbocycles. The fraction of sp³-hybridized carbons (Fsp3) is 0.444. The second-order valence-corrected chi connectivity index (χ2v) is 8.68. The average molecular weight is 443 g/mol. The highest BCUT2D eigenvalue weighted by atomic mass is 32.2. The molecular formula is C27H38O3S. The molecule has 1 aromatic carbocycles. The first-order chi connectivity index (χ1) is 15.1. The Morgan fingerprint density at radius 1 is 1.00 bits per heavy atom. The van der Waals surface area contributed by atoms with Crippen molar-refractivity contribution in [3.05, 3.63) is 84.5 Å². The molecule has 1 rings (SSSR count). The number of hydrogen-bond acceptors (Lipinski definition) is 3. The molecule has 0 heterocycles. The number of aliphatic hydroxyl groups is 1. The maximum Gasteiger partial charge on any atom is 0.303 e. The van der Waals surface area contributed by atoms with Crippen molar-refractivity contribution in [2.45, 2.75) is 75.4 Å². The summed E-state index contributed by atoms with van der Waals surface area (Å²) in [6.07, 6.45) is 23.0. The Balaban J connectivity index is 2.48. The summed E-state index contributed by atoms with van der Waals surface area (Å²) in [6, 6.07) is 10.2. The van der Waals surface area contributed by atoms with Crippen molar-refractivity contribution in [2.24, 2.45) is 0 Å². The van der Waals surface area contributed by atoms with E-state index in [-0.39, 0.29) is 11.7 Å². The van der Waals surface area contributed by atoms with Crippen molar-refractivity contribution < 1.29 is 15.0 Å². The van der Waals surface area contributed by atoms with Crippen LogP contribution in [-0.2, 0) is 10.5 Å². The van der Waals surface area contributed by atoms with Crippen LogP contribution in [0.15, 0.2) is 78.9 Å². The molecule has 4 heteroatoms. The molecule has 0 spiro atoms. The molecular weight excluding hydrogens is 404 g/mol. The Morgan fingerprint density at radius 3 is 2.52 bits per heavy atom. The minimum Gasteiger partial charge on any atom is -0.481 e. The molecule has 31 heavy (non-hydrogen) atoms. The van der Waals surface area contributed by atoms with Gasteiger partial charge in [0.1, 0.15) is 0 Å². The second-order valence-electron chi connectivity index (χ2n) is 7.52. The number of aliphatic carboxylic acids is 1. The fourth-order valence-electron chi connectivity index (χ4n) is 2.95. The van der Waals surface area contributed by atoms with Crippen LogP contribution in [0.25, 0.3) is 0 Å². The van der Waals surface area contributed by atoms with Gasteiger partial charge in [0.2, 0.25) is 0 Å². The number of carboxylic acids is 1. The Morgan fingerprint density at radius 2 is 1.77 bits per heavy atom. The van der Waals surface area contributed by atoms with Crippen LogP contribution in [0, 0.1) is 0 Å². The molecule has 1 aromatic rings.